The van der Waals surface area contributed by atoms with Gasteiger partial charge in [0, 0.05) is 12.6 Å². The van der Waals surface area contributed by atoms with Gasteiger partial charge in [-0.15, -0.1) is 0 Å². The average Bonchev–Trinajstić information content (AvgIpc) is 3.19. The first-order valence-electron chi connectivity index (χ1n) is 6.10. The molecule has 1 atom stereocenters. The quantitative estimate of drug-likeness (QED) is 0.603. The van der Waals surface area contributed by atoms with E-state index in [-0.39, 0.29) is 5.56 Å². The molecule has 0 aliphatic heterocycles. The number of aromatic nitrogens is 1. The third-order valence-electron chi connectivity index (χ3n) is 3.34. The number of anilines is 1. The van der Waals surface area contributed by atoms with E-state index in [2.05, 4.69) is 17.2 Å². The van der Waals surface area contributed by atoms with Gasteiger partial charge in [0.2, 0.25) is 0 Å². The molecule has 19 heavy (non-hydrogen) atoms. The van der Waals surface area contributed by atoms with Crippen LogP contribution < -0.4 is 5.32 Å². The van der Waals surface area contributed by atoms with Crippen LogP contribution in [-0.2, 0) is 0 Å². The number of carbonyl (C=O) groups is 1. The Labute approximate surface area is 109 Å². The van der Waals surface area contributed by atoms with E-state index in [1.807, 2.05) is 0 Å². The molecule has 0 saturated heterocycles. The topological polar surface area (TPSA) is 105 Å². The van der Waals surface area contributed by atoms with Gasteiger partial charge in [-0.1, -0.05) is 6.92 Å². The van der Waals surface area contributed by atoms with Crippen molar-refractivity contribution < 1.29 is 14.8 Å². The average molecular weight is 265 g/mol. The van der Waals surface area contributed by atoms with Gasteiger partial charge >= 0.3 is 11.7 Å². The number of carboxylic acids is 1. The Bertz CT molecular complexity index is 514. The fraction of sp³-hybridized carbons (Fsp3) is 0.500. The van der Waals surface area contributed by atoms with E-state index in [9.17, 15) is 14.9 Å². The van der Waals surface area contributed by atoms with Crippen molar-refractivity contribution in [1.82, 2.24) is 4.98 Å². The first kappa shape index (κ1) is 13.3. The van der Waals surface area contributed by atoms with Gasteiger partial charge in [-0.05, 0) is 24.7 Å². The van der Waals surface area contributed by atoms with Gasteiger partial charge in [0.15, 0.2) is 0 Å². The minimum absolute atomic E-state index is 0.346. The van der Waals surface area contributed by atoms with E-state index in [1.54, 1.807) is 0 Å². The highest BCUT2D eigenvalue weighted by Crippen LogP contribution is 2.36. The molecular formula is C12H15N3O4. The lowest BCUT2D eigenvalue weighted by Gasteiger charge is -2.12. The summed E-state index contributed by atoms with van der Waals surface area (Å²) < 4.78 is 0. The largest absolute Gasteiger partial charge is 0.477 e. The number of hydrogen-bond acceptors (Lipinski definition) is 5. The van der Waals surface area contributed by atoms with E-state index >= 15 is 0 Å². The molecule has 0 spiro atoms. The fourth-order valence-corrected chi connectivity index (χ4v) is 1.96. The van der Waals surface area contributed by atoms with Crippen molar-refractivity contribution in [1.29, 1.82) is 0 Å². The molecule has 2 rings (SSSR count). The van der Waals surface area contributed by atoms with E-state index < -0.39 is 16.6 Å². The number of aromatic carboxylic acids is 1. The molecular weight excluding hydrogens is 250 g/mol. The second-order valence-electron chi connectivity index (χ2n) is 4.84. The molecule has 1 fully saturated rings. The molecule has 1 saturated carbocycles. The van der Waals surface area contributed by atoms with Gasteiger partial charge in [-0.25, -0.2) is 9.78 Å². The molecule has 1 aliphatic rings. The van der Waals surface area contributed by atoms with Crippen molar-refractivity contribution in [3.8, 4) is 0 Å². The van der Waals surface area contributed by atoms with Crippen molar-refractivity contribution in [2.24, 2.45) is 11.8 Å². The van der Waals surface area contributed by atoms with Crippen LogP contribution in [-0.4, -0.2) is 27.5 Å². The SMILES string of the molecule is CC(CNc1cc(C(=O)O)c([N+](=O)[O-])cn1)C1CC1. The predicted molar refractivity (Wildman–Crippen MR) is 68.2 cm³/mol. The maximum absolute atomic E-state index is 11.0. The normalized spacial score (nSPS) is 15.8. The smallest absolute Gasteiger partial charge is 0.342 e. The number of carboxylic acid groups (broad SMARTS) is 1. The van der Waals surface area contributed by atoms with Crippen LogP contribution in [0, 0.1) is 22.0 Å². The number of nitro groups is 1. The zero-order valence-corrected chi connectivity index (χ0v) is 10.5. The number of pyridine rings is 1. The summed E-state index contributed by atoms with van der Waals surface area (Å²) in [5.74, 6) is 0.248. The summed E-state index contributed by atoms with van der Waals surface area (Å²) in [5.41, 5.74) is -0.838. The summed E-state index contributed by atoms with van der Waals surface area (Å²) >= 11 is 0. The van der Waals surface area contributed by atoms with Crippen LogP contribution in [0.1, 0.15) is 30.1 Å². The van der Waals surface area contributed by atoms with Crippen LogP contribution >= 0.6 is 0 Å². The van der Waals surface area contributed by atoms with Crippen LogP contribution in [0.2, 0.25) is 0 Å². The first-order chi connectivity index (χ1) is 8.99. The van der Waals surface area contributed by atoms with Crippen LogP contribution in [0.5, 0.6) is 0 Å². The summed E-state index contributed by atoms with van der Waals surface area (Å²) in [6.07, 6.45) is 3.45. The number of nitrogens with zero attached hydrogens (tertiary/aromatic N) is 2. The Balaban J connectivity index is 2.11. The molecule has 0 aromatic carbocycles. The highest BCUT2D eigenvalue weighted by Gasteiger charge is 2.28. The molecule has 7 nitrogen and oxygen atoms in total. The summed E-state index contributed by atoms with van der Waals surface area (Å²) in [6.45, 7) is 2.81. The molecule has 0 bridgehead atoms. The van der Waals surface area contributed by atoms with Gasteiger partial charge in [0.05, 0.1) is 4.92 Å². The van der Waals surface area contributed by atoms with Crippen molar-refractivity contribution in [2.45, 2.75) is 19.8 Å². The Morgan fingerprint density at radius 3 is 2.89 bits per heavy atom. The molecule has 1 unspecified atom stereocenters. The van der Waals surface area contributed by atoms with Crippen molar-refractivity contribution in [3.63, 3.8) is 0 Å². The molecule has 1 aromatic heterocycles. The van der Waals surface area contributed by atoms with Gasteiger partial charge < -0.3 is 10.4 Å². The van der Waals surface area contributed by atoms with Crippen molar-refractivity contribution in [2.75, 3.05) is 11.9 Å². The maximum Gasteiger partial charge on any atom is 0.342 e. The van der Waals surface area contributed by atoms with Gasteiger partial charge in [0.1, 0.15) is 17.6 Å². The Kier molecular flexibility index (Phi) is 3.64. The number of rotatable bonds is 6. The third kappa shape index (κ3) is 3.18. The molecule has 102 valence electrons. The predicted octanol–water partition coefficient (Wildman–Crippen LogP) is 2.15. The second-order valence-corrected chi connectivity index (χ2v) is 4.84. The van der Waals surface area contributed by atoms with E-state index in [0.29, 0.717) is 18.3 Å². The summed E-state index contributed by atoms with van der Waals surface area (Å²) in [4.78, 5) is 24.8. The summed E-state index contributed by atoms with van der Waals surface area (Å²) in [5, 5.41) is 22.7. The molecule has 0 amide bonds. The molecule has 2 N–H and O–H groups in total. The maximum atomic E-state index is 11.0. The standard InChI is InChI=1S/C12H15N3O4/c1-7(8-2-3-8)5-13-11-4-9(12(16)17)10(6-14-11)15(18)19/h4,6-8H,2-3,5H2,1H3,(H,13,14)(H,16,17). The van der Waals surface area contributed by atoms with Crippen LogP contribution in [0.4, 0.5) is 11.5 Å². The minimum atomic E-state index is -1.33. The zero-order chi connectivity index (χ0) is 14.0. The van der Waals surface area contributed by atoms with E-state index in [4.69, 9.17) is 5.11 Å². The van der Waals surface area contributed by atoms with Gasteiger partial charge in [-0.3, -0.25) is 10.1 Å². The molecule has 1 aromatic rings. The molecule has 0 radical (unpaired) electrons. The van der Waals surface area contributed by atoms with Gasteiger partial charge in [0.25, 0.3) is 0 Å². The second kappa shape index (κ2) is 5.21. The third-order valence-corrected chi connectivity index (χ3v) is 3.34. The first-order valence-corrected chi connectivity index (χ1v) is 6.10. The number of nitrogens with one attached hydrogen (secondary N) is 1. The number of hydrogen-bond donors (Lipinski definition) is 2. The van der Waals surface area contributed by atoms with E-state index in [0.717, 1.165) is 12.1 Å². The molecule has 1 heterocycles. The molecule has 1 aliphatic carbocycles. The zero-order valence-electron chi connectivity index (χ0n) is 10.5. The van der Waals surface area contributed by atoms with Gasteiger partial charge in [-0.2, -0.15) is 0 Å². The Morgan fingerprint density at radius 2 is 2.37 bits per heavy atom. The Morgan fingerprint density at radius 1 is 1.68 bits per heavy atom. The summed E-state index contributed by atoms with van der Waals surface area (Å²) in [7, 11) is 0. The van der Waals surface area contributed by atoms with Crippen molar-refractivity contribution >= 4 is 17.5 Å². The minimum Gasteiger partial charge on any atom is -0.477 e. The van der Waals surface area contributed by atoms with Crippen LogP contribution in [0.3, 0.4) is 0 Å². The van der Waals surface area contributed by atoms with E-state index in [1.165, 1.54) is 18.9 Å². The highest BCUT2D eigenvalue weighted by atomic mass is 16.6. The van der Waals surface area contributed by atoms with Crippen LogP contribution in [0.25, 0.3) is 0 Å². The molecule has 7 heteroatoms. The lowest BCUT2D eigenvalue weighted by molar-refractivity contribution is -0.385. The fourth-order valence-electron chi connectivity index (χ4n) is 1.96. The lowest BCUT2D eigenvalue weighted by Crippen LogP contribution is -2.14. The highest BCUT2D eigenvalue weighted by molar-refractivity contribution is 5.93. The van der Waals surface area contributed by atoms with Crippen molar-refractivity contribution in [3.05, 3.63) is 27.9 Å². The summed E-state index contributed by atoms with van der Waals surface area (Å²) in [6, 6.07) is 1.21. The lowest BCUT2D eigenvalue weighted by atomic mass is 10.1. The monoisotopic (exact) mass is 265 g/mol. The van der Waals surface area contributed by atoms with Crippen LogP contribution in [0.15, 0.2) is 12.3 Å². The Hall–Kier alpha value is -2.18.